The van der Waals surface area contributed by atoms with Crippen LogP contribution in [0.3, 0.4) is 0 Å². The van der Waals surface area contributed by atoms with Gasteiger partial charge in [0.05, 0.1) is 7.11 Å². The summed E-state index contributed by atoms with van der Waals surface area (Å²) in [6.07, 6.45) is 4.95. The second kappa shape index (κ2) is 8.54. The zero-order valence-corrected chi connectivity index (χ0v) is 16.7. The van der Waals surface area contributed by atoms with Crippen molar-refractivity contribution in [3.05, 3.63) is 59.2 Å². The van der Waals surface area contributed by atoms with Crippen molar-refractivity contribution in [2.24, 2.45) is 0 Å². The van der Waals surface area contributed by atoms with E-state index in [-0.39, 0.29) is 0 Å². The largest absolute Gasteiger partial charge is 0.496 e. The SMILES string of the molecule is COc1ccccc1CN(C(=S)Nc1ccc(C)c(C)c1)C1CCCC1. The van der Waals surface area contributed by atoms with Gasteiger partial charge in [0.25, 0.3) is 0 Å². The molecule has 0 aliphatic heterocycles. The monoisotopic (exact) mass is 368 g/mol. The lowest BCUT2D eigenvalue weighted by molar-refractivity contribution is 0.305. The van der Waals surface area contributed by atoms with E-state index in [1.54, 1.807) is 7.11 Å². The number of nitrogens with one attached hydrogen (secondary N) is 1. The molecule has 1 N–H and O–H groups in total. The van der Waals surface area contributed by atoms with E-state index < -0.39 is 0 Å². The van der Waals surface area contributed by atoms with Gasteiger partial charge in [-0.3, -0.25) is 0 Å². The van der Waals surface area contributed by atoms with Gasteiger partial charge in [0.2, 0.25) is 0 Å². The molecule has 1 fully saturated rings. The summed E-state index contributed by atoms with van der Waals surface area (Å²) >= 11 is 5.82. The predicted octanol–water partition coefficient (Wildman–Crippen LogP) is 5.45. The Hall–Kier alpha value is -2.07. The number of hydrogen-bond donors (Lipinski definition) is 1. The van der Waals surface area contributed by atoms with Crippen LogP contribution in [0.25, 0.3) is 0 Å². The topological polar surface area (TPSA) is 24.5 Å². The van der Waals surface area contributed by atoms with Crippen molar-refractivity contribution in [2.75, 3.05) is 12.4 Å². The van der Waals surface area contributed by atoms with Crippen LogP contribution in [0.5, 0.6) is 5.75 Å². The van der Waals surface area contributed by atoms with Gasteiger partial charge in [-0.05, 0) is 68.2 Å². The molecule has 1 saturated carbocycles. The molecule has 0 amide bonds. The highest BCUT2D eigenvalue weighted by atomic mass is 32.1. The average molecular weight is 369 g/mol. The summed E-state index contributed by atoms with van der Waals surface area (Å²) in [7, 11) is 1.73. The quantitative estimate of drug-likeness (QED) is 0.709. The van der Waals surface area contributed by atoms with Gasteiger partial charge in [0.1, 0.15) is 5.75 Å². The van der Waals surface area contributed by atoms with Crippen LogP contribution in [-0.2, 0) is 6.54 Å². The smallest absolute Gasteiger partial charge is 0.173 e. The Bertz CT molecular complexity index is 768. The fourth-order valence-corrected chi connectivity index (χ4v) is 3.95. The molecule has 0 spiro atoms. The molecule has 3 nitrogen and oxygen atoms in total. The van der Waals surface area contributed by atoms with Crippen molar-refractivity contribution in [3.8, 4) is 5.75 Å². The molecule has 1 aliphatic rings. The van der Waals surface area contributed by atoms with Gasteiger partial charge in [-0.2, -0.15) is 0 Å². The Kier molecular flexibility index (Phi) is 6.15. The number of thiocarbonyl (C=S) groups is 1. The molecular formula is C22H28N2OS. The first-order chi connectivity index (χ1) is 12.6. The summed E-state index contributed by atoms with van der Waals surface area (Å²) < 4.78 is 5.55. The lowest BCUT2D eigenvalue weighted by Crippen LogP contribution is -2.41. The predicted molar refractivity (Wildman–Crippen MR) is 113 cm³/mol. The van der Waals surface area contributed by atoms with Crippen molar-refractivity contribution in [1.29, 1.82) is 0 Å². The Balaban J connectivity index is 1.81. The molecule has 2 aromatic rings. The lowest BCUT2D eigenvalue weighted by Gasteiger charge is -2.32. The van der Waals surface area contributed by atoms with E-state index in [9.17, 15) is 0 Å². The highest BCUT2D eigenvalue weighted by Gasteiger charge is 2.25. The van der Waals surface area contributed by atoms with E-state index in [2.05, 4.69) is 54.4 Å². The summed E-state index contributed by atoms with van der Waals surface area (Å²) in [5, 5.41) is 4.26. The first-order valence-electron chi connectivity index (χ1n) is 9.35. The summed E-state index contributed by atoms with van der Waals surface area (Å²) in [5.41, 5.74) is 4.80. The highest BCUT2D eigenvalue weighted by molar-refractivity contribution is 7.80. The van der Waals surface area contributed by atoms with Crippen molar-refractivity contribution in [1.82, 2.24) is 4.90 Å². The van der Waals surface area contributed by atoms with Crippen LogP contribution >= 0.6 is 12.2 Å². The average Bonchev–Trinajstić information content (AvgIpc) is 3.17. The number of nitrogens with zero attached hydrogens (tertiary/aromatic N) is 1. The van der Waals surface area contributed by atoms with Gasteiger partial charge < -0.3 is 15.0 Å². The van der Waals surface area contributed by atoms with E-state index in [0.29, 0.717) is 6.04 Å². The fourth-order valence-electron chi connectivity index (χ4n) is 3.61. The number of methoxy groups -OCH3 is 1. The molecule has 0 saturated heterocycles. The molecule has 4 heteroatoms. The summed E-state index contributed by atoms with van der Waals surface area (Å²) in [4.78, 5) is 2.34. The van der Waals surface area contributed by atoms with Crippen LogP contribution in [0.4, 0.5) is 5.69 Å². The van der Waals surface area contributed by atoms with Gasteiger partial charge in [-0.1, -0.05) is 37.1 Å². The minimum Gasteiger partial charge on any atom is -0.496 e. The van der Waals surface area contributed by atoms with Crippen LogP contribution in [0.15, 0.2) is 42.5 Å². The maximum atomic E-state index is 5.82. The molecule has 26 heavy (non-hydrogen) atoms. The number of anilines is 1. The van der Waals surface area contributed by atoms with Crippen LogP contribution in [0, 0.1) is 13.8 Å². The number of benzene rings is 2. The Labute approximate surface area is 162 Å². The standard InChI is InChI=1S/C22H28N2OS/c1-16-12-13-19(14-17(16)2)23-22(26)24(20-9-5-6-10-20)15-18-8-4-7-11-21(18)25-3/h4,7-8,11-14,20H,5-6,9-10,15H2,1-3H3,(H,23,26). The fraction of sp³-hybridized carbons (Fsp3) is 0.409. The van der Waals surface area contributed by atoms with Crippen molar-refractivity contribution >= 4 is 23.0 Å². The maximum absolute atomic E-state index is 5.82. The molecule has 0 aromatic heterocycles. The number of ether oxygens (including phenoxy) is 1. The van der Waals surface area contributed by atoms with Gasteiger partial charge in [0.15, 0.2) is 5.11 Å². The van der Waals surface area contributed by atoms with E-state index in [1.165, 1.54) is 42.4 Å². The minimum atomic E-state index is 0.492. The molecule has 0 unspecified atom stereocenters. The van der Waals surface area contributed by atoms with Gasteiger partial charge in [-0.25, -0.2) is 0 Å². The minimum absolute atomic E-state index is 0.492. The van der Waals surface area contributed by atoms with E-state index >= 15 is 0 Å². The second-order valence-corrected chi connectivity index (χ2v) is 7.49. The first kappa shape index (κ1) is 18.7. The molecular weight excluding hydrogens is 340 g/mol. The maximum Gasteiger partial charge on any atom is 0.173 e. The Morgan fingerprint density at radius 1 is 1.12 bits per heavy atom. The molecule has 3 rings (SSSR count). The molecule has 0 atom stereocenters. The molecule has 0 bridgehead atoms. The first-order valence-corrected chi connectivity index (χ1v) is 9.76. The van der Waals surface area contributed by atoms with Crippen molar-refractivity contribution < 1.29 is 4.74 Å². The van der Waals surface area contributed by atoms with Crippen molar-refractivity contribution in [3.63, 3.8) is 0 Å². The van der Waals surface area contributed by atoms with Gasteiger partial charge in [0, 0.05) is 23.8 Å². The molecule has 138 valence electrons. The molecule has 0 heterocycles. The normalized spacial score (nSPS) is 14.3. The van der Waals surface area contributed by atoms with Crippen molar-refractivity contribution in [2.45, 2.75) is 52.1 Å². The zero-order valence-electron chi connectivity index (χ0n) is 15.9. The van der Waals surface area contributed by atoms with Crippen LogP contribution in [0.1, 0.15) is 42.4 Å². The third kappa shape index (κ3) is 4.36. The van der Waals surface area contributed by atoms with Gasteiger partial charge in [-0.15, -0.1) is 0 Å². The summed E-state index contributed by atoms with van der Waals surface area (Å²) in [5.74, 6) is 0.921. The van der Waals surface area contributed by atoms with E-state index in [4.69, 9.17) is 17.0 Å². The lowest BCUT2D eigenvalue weighted by atomic mass is 10.1. The Morgan fingerprint density at radius 2 is 1.85 bits per heavy atom. The number of para-hydroxylation sites is 1. The molecule has 2 aromatic carbocycles. The van der Waals surface area contributed by atoms with E-state index in [0.717, 1.165) is 23.1 Å². The van der Waals surface area contributed by atoms with Crippen LogP contribution < -0.4 is 10.1 Å². The van der Waals surface area contributed by atoms with Crippen LogP contribution in [0.2, 0.25) is 0 Å². The number of aryl methyl sites for hydroxylation is 2. The van der Waals surface area contributed by atoms with Crippen LogP contribution in [-0.4, -0.2) is 23.2 Å². The number of hydrogen-bond acceptors (Lipinski definition) is 2. The third-order valence-electron chi connectivity index (χ3n) is 5.32. The summed E-state index contributed by atoms with van der Waals surface area (Å²) in [6.45, 7) is 5.03. The van der Waals surface area contributed by atoms with E-state index in [1.807, 2.05) is 12.1 Å². The molecule has 0 radical (unpaired) electrons. The molecule has 1 aliphatic carbocycles. The van der Waals surface area contributed by atoms with Gasteiger partial charge >= 0.3 is 0 Å². The second-order valence-electron chi connectivity index (χ2n) is 7.11. The zero-order chi connectivity index (χ0) is 18.5. The Morgan fingerprint density at radius 3 is 2.54 bits per heavy atom. The highest BCUT2D eigenvalue weighted by Crippen LogP contribution is 2.28. The third-order valence-corrected chi connectivity index (χ3v) is 5.65. The number of rotatable bonds is 5. The summed E-state index contributed by atoms with van der Waals surface area (Å²) in [6, 6.07) is 15.1.